The average molecular weight is 278 g/mol. The zero-order chi connectivity index (χ0) is 13.9. The van der Waals surface area contributed by atoms with Gasteiger partial charge in [-0.3, -0.25) is 0 Å². The highest BCUT2D eigenvalue weighted by molar-refractivity contribution is 6.60. The quantitative estimate of drug-likeness (QED) is 0.417. The van der Waals surface area contributed by atoms with Crippen molar-refractivity contribution < 1.29 is 13.3 Å². The van der Waals surface area contributed by atoms with E-state index >= 15 is 0 Å². The van der Waals surface area contributed by atoms with Gasteiger partial charge in [-0.05, 0) is 40.7 Å². The van der Waals surface area contributed by atoms with Crippen LogP contribution < -0.4 is 11.1 Å². The number of nitrogens with two attached hydrogens (primary N) is 1. The number of hydrogen-bond donors (Lipinski definition) is 2. The summed E-state index contributed by atoms with van der Waals surface area (Å²) in [5.41, 5.74) is 5.43. The van der Waals surface area contributed by atoms with Crippen LogP contribution >= 0.6 is 0 Å². The van der Waals surface area contributed by atoms with Crippen LogP contribution in [-0.2, 0) is 13.3 Å². The number of hydrogen-bond acceptors (Lipinski definition) is 5. The van der Waals surface area contributed by atoms with Crippen LogP contribution in [0.25, 0.3) is 0 Å². The highest BCUT2D eigenvalue weighted by Crippen LogP contribution is 2.19. The highest BCUT2D eigenvalue weighted by Gasteiger charge is 2.40. The fourth-order valence-electron chi connectivity index (χ4n) is 1.77. The lowest BCUT2D eigenvalue weighted by Gasteiger charge is -2.30. The van der Waals surface area contributed by atoms with Gasteiger partial charge in [-0.25, -0.2) is 0 Å². The molecule has 0 aliphatic heterocycles. The van der Waals surface area contributed by atoms with Crippen molar-refractivity contribution >= 4 is 8.80 Å². The van der Waals surface area contributed by atoms with E-state index in [0.717, 1.165) is 25.6 Å². The summed E-state index contributed by atoms with van der Waals surface area (Å²) in [5.74, 6) is 0. The maximum atomic E-state index is 5.97. The maximum absolute atomic E-state index is 5.97. The second-order valence-electron chi connectivity index (χ2n) is 4.36. The van der Waals surface area contributed by atoms with Crippen LogP contribution in [0, 0.1) is 0 Å². The Morgan fingerprint density at radius 1 is 1.11 bits per heavy atom. The van der Waals surface area contributed by atoms with Crippen molar-refractivity contribution in [1.82, 2.24) is 5.32 Å². The predicted molar refractivity (Wildman–Crippen MR) is 76.6 cm³/mol. The SMILES string of the molecule is CCO[Si](CCCNCCN)(OCC)OC(C)C. The van der Waals surface area contributed by atoms with Crippen molar-refractivity contribution in [3.63, 3.8) is 0 Å². The number of rotatable bonds is 12. The summed E-state index contributed by atoms with van der Waals surface area (Å²) in [6.07, 6.45) is 1.12. The van der Waals surface area contributed by atoms with Gasteiger partial charge in [0.05, 0.1) is 0 Å². The van der Waals surface area contributed by atoms with E-state index in [1.54, 1.807) is 0 Å². The first-order valence-corrected chi connectivity index (χ1v) is 8.90. The molecule has 3 N–H and O–H groups in total. The van der Waals surface area contributed by atoms with Crippen LogP contribution in [0.5, 0.6) is 0 Å². The number of nitrogens with one attached hydrogen (secondary N) is 1. The molecule has 6 heteroatoms. The third-order valence-electron chi connectivity index (χ3n) is 2.30. The van der Waals surface area contributed by atoms with E-state index in [1.165, 1.54) is 0 Å². The van der Waals surface area contributed by atoms with Gasteiger partial charge in [0, 0.05) is 38.5 Å². The van der Waals surface area contributed by atoms with Gasteiger partial charge in [-0.1, -0.05) is 0 Å². The standard InChI is InChI=1S/C12H30N2O3Si/c1-5-15-18(16-6-2,17-12(3)4)11-7-9-14-10-8-13/h12,14H,5-11,13H2,1-4H3. The third kappa shape index (κ3) is 8.18. The molecule has 0 unspecified atom stereocenters. The lowest BCUT2D eigenvalue weighted by molar-refractivity contribution is 0.0439. The highest BCUT2D eigenvalue weighted by atomic mass is 28.4. The van der Waals surface area contributed by atoms with Gasteiger partial charge >= 0.3 is 8.80 Å². The van der Waals surface area contributed by atoms with E-state index in [-0.39, 0.29) is 6.10 Å². The summed E-state index contributed by atoms with van der Waals surface area (Å²) >= 11 is 0. The average Bonchev–Trinajstić information content (AvgIpc) is 2.28. The molecule has 0 aromatic rings. The molecule has 0 bridgehead atoms. The summed E-state index contributed by atoms with van der Waals surface area (Å²) in [7, 11) is -2.49. The molecule has 0 saturated heterocycles. The monoisotopic (exact) mass is 278 g/mol. The fourth-order valence-corrected chi connectivity index (χ4v) is 4.60. The van der Waals surface area contributed by atoms with E-state index in [9.17, 15) is 0 Å². The van der Waals surface area contributed by atoms with E-state index in [0.29, 0.717) is 19.8 Å². The second kappa shape index (κ2) is 10.9. The maximum Gasteiger partial charge on any atom is 0.501 e. The van der Waals surface area contributed by atoms with Crippen LogP contribution in [0.2, 0.25) is 6.04 Å². The molecular weight excluding hydrogens is 248 g/mol. The van der Waals surface area contributed by atoms with Crippen molar-refractivity contribution in [1.29, 1.82) is 0 Å². The van der Waals surface area contributed by atoms with Crippen LogP contribution in [-0.4, -0.2) is 47.8 Å². The molecule has 18 heavy (non-hydrogen) atoms. The molecular formula is C12H30N2O3Si. The minimum absolute atomic E-state index is 0.131. The topological polar surface area (TPSA) is 65.7 Å². The third-order valence-corrected chi connectivity index (χ3v) is 5.55. The first-order chi connectivity index (χ1) is 8.60. The molecule has 0 saturated carbocycles. The van der Waals surface area contributed by atoms with E-state index < -0.39 is 8.80 Å². The molecule has 5 nitrogen and oxygen atoms in total. The van der Waals surface area contributed by atoms with Gasteiger partial charge in [0.2, 0.25) is 0 Å². The molecule has 0 spiro atoms. The molecule has 0 aliphatic carbocycles. The van der Waals surface area contributed by atoms with E-state index in [2.05, 4.69) is 5.32 Å². The normalized spacial score (nSPS) is 12.3. The van der Waals surface area contributed by atoms with Crippen LogP contribution in [0.3, 0.4) is 0 Å². The first-order valence-electron chi connectivity index (χ1n) is 6.96. The Balaban J connectivity index is 4.23. The summed E-state index contributed by atoms with van der Waals surface area (Å²) in [6, 6.07) is 0.852. The zero-order valence-electron chi connectivity index (χ0n) is 12.3. The molecule has 0 aliphatic rings. The van der Waals surface area contributed by atoms with Gasteiger partial charge in [-0.2, -0.15) is 0 Å². The van der Waals surface area contributed by atoms with Crippen molar-refractivity contribution in [3.05, 3.63) is 0 Å². The molecule has 0 rings (SSSR count). The Morgan fingerprint density at radius 2 is 1.72 bits per heavy atom. The van der Waals surface area contributed by atoms with Crippen LogP contribution in [0.1, 0.15) is 34.1 Å². The Labute approximate surface area is 113 Å². The fraction of sp³-hybridized carbons (Fsp3) is 1.00. The van der Waals surface area contributed by atoms with Crippen molar-refractivity contribution in [2.24, 2.45) is 5.73 Å². The molecule has 0 aromatic carbocycles. The van der Waals surface area contributed by atoms with Gasteiger partial charge in [-0.15, -0.1) is 0 Å². The largest absolute Gasteiger partial charge is 0.501 e. The van der Waals surface area contributed by atoms with Gasteiger partial charge < -0.3 is 24.3 Å². The van der Waals surface area contributed by atoms with Crippen molar-refractivity contribution in [2.45, 2.75) is 46.3 Å². The van der Waals surface area contributed by atoms with E-state index in [4.69, 9.17) is 19.0 Å². The van der Waals surface area contributed by atoms with Gasteiger partial charge in [0.1, 0.15) is 0 Å². The predicted octanol–water partition coefficient (Wildman–Crippen LogP) is 1.36. The molecule has 0 atom stereocenters. The van der Waals surface area contributed by atoms with Crippen molar-refractivity contribution in [2.75, 3.05) is 32.8 Å². The molecule has 0 heterocycles. The van der Waals surface area contributed by atoms with Gasteiger partial charge in [0.25, 0.3) is 0 Å². The van der Waals surface area contributed by atoms with Gasteiger partial charge in [0.15, 0.2) is 0 Å². The second-order valence-corrected chi connectivity index (χ2v) is 7.04. The smallest absolute Gasteiger partial charge is 0.374 e. The molecule has 0 aromatic heterocycles. The zero-order valence-corrected chi connectivity index (χ0v) is 13.3. The lowest BCUT2D eigenvalue weighted by Crippen LogP contribution is -2.48. The van der Waals surface area contributed by atoms with E-state index in [1.807, 2.05) is 27.7 Å². The molecule has 0 radical (unpaired) electrons. The molecule has 0 amide bonds. The van der Waals surface area contributed by atoms with Crippen LogP contribution in [0.4, 0.5) is 0 Å². The van der Waals surface area contributed by atoms with Crippen molar-refractivity contribution in [3.8, 4) is 0 Å². The Bertz CT molecular complexity index is 188. The lowest BCUT2D eigenvalue weighted by atomic mass is 10.5. The molecule has 0 fully saturated rings. The minimum Gasteiger partial charge on any atom is -0.374 e. The minimum atomic E-state index is -2.49. The molecule has 110 valence electrons. The Kier molecular flexibility index (Phi) is 10.9. The summed E-state index contributed by atoms with van der Waals surface area (Å²) in [5, 5.41) is 3.28. The summed E-state index contributed by atoms with van der Waals surface area (Å²) in [4.78, 5) is 0. The summed E-state index contributed by atoms with van der Waals surface area (Å²) < 4.78 is 17.6. The Hall–Kier alpha value is 0.0169. The summed E-state index contributed by atoms with van der Waals surface area (Å²) in [6.45, 7) is 11.7. The Morgan fingerprint density at radius 3 is 2.17 bits per heavy atom. The first kappa shape index (κ1) is 18.0. The van der Waals surface area contributed by atoms with Crippen LogP contribution in [0.15, 0.2) is 0 Å².